The molecule has 0 rings (SSSR count). The molecule has 8 heteroatoms. The normalized spacial score (nSPS) is 9.77. The van der Waals surface area contributed by atoms with Crippen LogP contribution >= 0.6 is 0 Å². The predicted molar refractivity (Wildman–Crippen MR) is 109 cm³/mol. The van der Waals surface area contributed by atoms with Crippen molar-refractivity contribution in [1.29, 1.82) is 0 Å². The van der Waals surface area contributed by atoms with Crippen molar-refractivity contribution in [3.05, 3.63) is 12.2 Å². The van der Waals surface area contributed by atoms with Crippen LogP contribution in [0.3, 0.4) is 0 Å². The summed E-state index contributed by atoms with van der Waals surface area (Å²) in [5.74, 6) is -4.00. The fourth-order valence-corrected chi connectivity index (χ4v) is 2.78. The first-order valence-electron chi connectivity index (χ1n) is 10.7. The predicted octanol–water partition coefficient (Wildman–Crippen LogP) is -1.34. The number of carboxylic acids is 3. The number of carbonyl (C=O) groups is 3. The van der Waals surface area contributed by atoms with Gasteiger partial charge >= 0.3 is 52.6 Å². The van der Waals surface area contributed by atoms with E-state index in [1.165, 1.54) is 83.5 Å². The van der Waals surface area contributed by atoms with E-state index in [0.29, 0.717) is 12.2 Å². The Morgan fingerprint density at radius 1 is 0.567 bits per heavy atom. The minimum atomic E-state index is -1.55. The molecule has 0 spiro atoms. The fraction of sp³-hybridized carbons (Fsp3) is 0.773. The Hall–Kier alpha value is -0.0838. The van der Waals surface area contributed by atoms with Gasteiger partial charge in [0, 0.05) is 5.97 Å². The zero-order valence-corrected chi connectivity index (χ0v) is 22.5. The van der Waals surface area contributed by atoms with Crippen LogP contribution in [0.4, 0.5) is 0 Å². The molecule has 0 saturated heterocycles. The molecule has 0 bridgehead atoms. The van der Waals surface area contributed by atoms with Crippen molar-refractivity contribution in [3.63, 3.8) is 0 Å². The van der Waals surface area contributed by atoms with Gasteiger partial charge in [0.2, 0.25) is 0 Å². The fourth-order valence-electron chi connectivity index (χ4n) is 2.78. The van der Waals surface area contributed by atoms with Gasteiger partial charge in [-0.25, -0.2) is 0 Å². The molecule has 0 aromatic rings. The second-order valence-electron chi connectivity index (χ2n) is 7.04. The van der Waals surface area contributed by atoms with E-state index in [1.54, 1.807) is 0 Å². The molecule has 0 aliphatic rings. The molecule has 0 fully saturated rings. The van der Waals surface area contributed by atoms with Crippen molar-refractivity contribution in [2.24, 2.45) is 0 Å². The van der Waals surface area contributed by atoms with Gasteiger partial charge in [-0.1, -0.05) is 96.8 Å². The molecule has 0 aliphatic heterocycles. The molecule has 0 amide bonds. The van der Waals surface area contributed by atoms with Gasteiger partial charge in [-0.3, -0.25) is 0 Å². The van der Waals surface area contributed by atoms with Crippen molar-refractivity contribution in [1.82, 2.24) is 0 Å². The summed E-state index contributed by atoms with van der Waals surface area (Å²) >= 11 is 0. The quantitative estimate of drug-likeness (QED) is 0.147. The number of unbranched alkanes of at least 4 members (excludes halogenated alkanes) is 14. The van der Waals surface area contributed by atoms with E-state index in [0.717, 1.165) is 12.8 Å². The zero-order chi connectivity index (χ0) is 21.5. The summed E-state index contributed by atoms with van der Waals surface area (Å²) in [5.41, 5.74) is 0. The molecule has 0 saturated carbocycles. The molecule has 0 heterocycles. The van der Waals surface area contributed by atoms with E-state index < -0.39 is 17.9 Å². The molecular formula is C22H37MgNaO6. The molecular weight excluding hydrogens is 408 g/mol. The molecule has 30 heavy (non-hydrogen) atoms. The third-order valence-electron chi connectivity index (χ3n) is 4.34. The maximum Gasteiger partial charge on any atom is 2.00 e. The summed E-state index contributed by atoms with van der Waals surface area (Å²) in [5, 5.41) is 29.1. The zero-order valence-electron chi connectivity index (χ0n) is 19.1. The third-order valence-corrected chi connectivity index (χ3v) is 4.34. The molecule has 0 atom stereocenters. The van der Waals surface area contributed by atoms with Gasteiger partial charge in [-0.05, 0) is 25.0 Å². The van der Waals surface area contributed by atoms with Crippen LogP contribution < -0.4 is 44.9 Å². The molecule has 0 N–H and O–H groups in total. The smallest absolute Gasteiger partial charge is 0.550 e. The molecule has 0 aromatic carbocycles. The minimum absolute atomic E-state index is 0. The van der Waals surface area contributed by atoms with E-state index in [4.69, 9.17) is 0 Å². The number of rotatable bonds is 18. The van der Waals surface area contributed by atoms with Gasteiger partial charge in [0.15, 0.2) is 0 Å². The van der Waals surface area contributed by atoms with Gasteiger partial charge < -0.3 is 29.7 Å². The van der Waals surface area contributed by atoms with Crippen LogP contribution in [-0.4, -0.2) is 41.0 Å². The summed E-state index contributed by atoms with van der Waals surface area (Å²) in [4.78, 5) is 29.1. The minimum Gasteiger partial charge on any atom is -0.550 e. The van der Waals surface area contributed by atoms with Gasteiger partial charge in [0.05, 0.1) is 11.9 Å². The van der Waals surface area contributed by atoms with Crippen molar-refractivity contribution in [2.45, 2.75) is 110 Å². The Bertz CT molecular complexity index is 414. The largest absolute Gasteiger partial charge is 2.00 e. The maximum absolute atomic E-state index is 10.2. The van der Waals surface area contributed by atoms with Crippen LogP contribution in [0.1, 0.15) is 110 Å². The van der Waals surface area contributed by atoms with Crippen molar-refractivity contribution in [2.75, 3.05) is 0 Å². The summed E-state index contributed by atoms with van der Waals surface area (Å²) in [6.07, 6.45) is 20.6. The van der Waals surface area contributed by atoms with E-state index in [2.05, 4.69) is 6.92 Å². The second-order valence-corrected chi connectivity index (χ2v) is 7.04. The maximum atomic E-state index is 10.2. The SMILES string of the molecule is CCCCCCCCCCCCCCCCCC(=O)[O-].O=C([O-])/C=C/C(=O)[O-].[Mg+2].[Na+]. The number of aliphatic carboxylic acids is 3. The number of carbonyl (C=O) groups excluding carboxylic acids is 3. The molecule has 0 unspecified atom stereocenters. The Morgan fingerprint density at radius 2 is 0.833 bits per heavy atom. The van der Waals surface area contributed by atoms with Crippen molar-refractivity contribution < 1.29 is 59.3 Å². The standard InChI is InChI=1S/C18H36O2.C4H4O4.Mg.Na/c1-2-3-4-5-6-7-8-9-10-11-12-13-14-15-16-17-18(19)20;5-3(6)1-2-4(7)8;;/h2-17H2,1H3,(H,19,20);1-2H,(H,5,6)(H,7,8);;/q;;+2;+1/p-3/b;2-1+;;. The van der Waals surface area contributed by atoms with Gasteiger partial charge in [-0.15, -0.1) is 0 Å². The first kappa shape index (κ1) is 37.2. The van der Waals surface area contributed by atoms with Crippen LogP contribution in [0, 0.1) is 0 Å². The van der Waals surface area contributed by atoms with E-state index in [-0.39, 0.29) is 59.0 Å². The summed E-state index contributed by atoms with van der Waals surface area (Å²) in [6.45, 7) is 2.27. The first-order chi connectivity index (χ1) is 13.4. The van der Waals surface area contributed by atoms with Crippen LogP contribution in [0.15, 0.2) is 12.2 Å². The Balaban J connectivity index is -0.000000288. The van der Waals surface area contributed by atoms with Crippen LogP contribution in [0.5, 0.6) is 0 Å². The summed E-state index contributed by atoms with van der Waals surface area (Å²) in [7, 11) is 0. The van der Waals surface area contributed by atoms with E-state index >= 15 is 0 Å². The molecule has 0 aliphatic carbocycles. The van der Waals surface area contributed by atoms with Crippen molar-refractivity contribution in [3.8, 4) is 0 Å². The average molecular weight is 445 g/mol. The van der Waals surface area contributed by atoms with Crippen molar-refractivity contribution >= 4 is 41.0 Å². The molecule has 164 valence electrons. The van der Waals surface area contributed by atoms with E-state index in [9.17, 15) is 29.7 Å². The molecule has 6 nitrogen and oxygen atoms in total. The van der Waals surface area contributed by atoms with Gasteiger partial charge in [0.25, 0.3) is 0 Å². The average Bonchev–Trinajstić information content (AvgIpc) is 2.63. The second kappa shape index (κ2) is 31.1. The molecule has 0 radical (unpaired) electrons. The number of hydrogen-bond acceptors (Lipinski definition) is 6. The Kier molecular flexibility index (Phi) is 38.6. The topological polar surface area (TPSA) is 120 Å². The van der Waals surface area contributed by atoms with Gasteiger partial charge in [-0.2, -0.15) is 0 Å². The summed E-state index contributed by atoms with van der Waals surface area (Å²) in [6, 6.07) is 0. The van der Waals surface area contributed by atoms with E-state index in [1.807, 2.05) is 0 Å². The van der Waals surface area contributed by atoms with Crippen LogP contribution in [0.2, 0.25) is 0 Å². The number of hydrogen-bond donors (Lipinski definition) is 0. The summed E-state index contributed by atoms with van der Waals surface area (Å²) < 4.78 is 0. The number of carboxylic acid groups (broad SMARTS) is 3. The first-order valence-corrected chi connectivity index (χ1v) is 10.7. The van der Waals surface area contributed by atoms with Crippen LogP contribution in [0.25, 0.3) is 0 Å². The monoisotopic (exact) mass is 444 g/mol. The van der Waals surface area contributed by atoms with Gasteiger partial charge in [0.1, 0.15) is 0 Å². The Labute approximate surface area is 220 Å². The van der Waals surface area contributed by atoms with Crippen LogP contribution in [-0.2, 0) is 14.4 Å². The molecule has 0 aromatic heterocycles. The Morgan fingerprint density at radius 3 is 1.07 bits per heavy atom. The third kappa shape index (κ3) is 42.1.